The molecule has 5 rings (SSSR count). The standard InChI is InChI=1S/C33H30N4O6S2/c38-32(39)22-43-31-16-13-23(17-18-34-45(40,41)28-10-2-1-3-11-28)19-30(31)37-33(44)36-25-8-6-9-27(20-25)42-21-26-15-14-24-7-4-5-12-29(24)35-26/h1-16,19-20,34H,17-18,21-22H2,(H,38,39)(H2,36,37,44). The Morgan fingerprint density at radius 3 is 2.47 bits per heavy atom. The van der Waals surface area contributed by atoms with Crippen molar-refractivity contribution in [2.45, 2.75) is 17.9 Å². The highest BCUT2D eigenvalue weighted by Gasteiger charge is 2.14. The molecule has 12 heteroatoms. The minimum atomic E-state index is -3.65. The largest absolute Gasteiger partial charge is 0.487 e. The van der Waals surface area contributed by atoms with E-state index >= 15 is 0 Å². The molecule has 10 nitrogen and oxygen atoms in total. The quantitative estimate of drug-likeness (QED) is 0.120. The van der Waals surface area contributed by atoms with Crippen LogP contribution >= 0.6 is 12.2 Å². The molecule has 4 N–H and O–H groups in total. The first-order valence-electron chi connectivity index (χ1n) is 13.9. The van der Waals surface area contributed by atoms with Crippen molar-refractivity contribution in [3.05, 3.63) is 120 Å². The van der Waals surface area contributed by atoms with Gasteiger partial charge >= 0.3 is 5.97 Å². The maximum atomic E-state index is 12.6. The Labute approximate surface area is 266 Å². The molecule has 0 aliphatic carbocycles. The second-order valence-electron chi connectivity index (χ2n) is 9.86. The number of sulfonamides is 1. The van der Waals surface area contributed by atoms with Gasteiger partial charge in [-0.3, -0.25) is 0 Å². The average molecular weight is 643 g/mol. The predicted molar refractivity (Wildman–Crippen MR) is 177 cm³/mol. The number of carboxylic acid groups (broad SMARTS) is 1. The van der Waals surface area contributed by atoms with Crippen LogP contribution in [0.3, 0.4) is 0 Å². The van der Waals surface area contributed by atoms with Crippen molar-refractivity contribution in [1.82, 2.24) is 9.71 Å². The first-order valence-corrected chi connectivity index (χ1v) is 15.8. The lowest BCUT2D eigenvalue weighted by Crippen LogP contribution is -2.26. The van der Waals surface area contributed by atoms with E-state index in [1.807, 2.05) is 54.6 Å². The summed E-state index contributed by atoms with van der Waals surface area (Å²) in [5.41, 5.74) is 3.56. The fourth-order valence-electron chi connectivity index (χ4n) is 4.40. The van der Waals surface area contributed by atoms with Gasteiger partial charge in [0.05, 0.1) is 21.8 Å². The number of para-hydroxylation sites is 1. The van der Waals surface area contributed by atoms with E-state index in [4.69, 9.17) is 26.8 Å². The molecule has 0 aliphatic rings. The molecule has 0 amide bonds. The number of hydrogen-bond donors (Lipinski definition) is 4. The normalized spacial score (nSPS) is 11.1. The van der Waals surface area contributed by atoms with Crippen LogP contribution in [0.4, 0.5) is 11.4 Å². The number of hydrogen-bond acceptors (Lipinski definition) is 7. The number of pyridine rings is 1. The first kappa shape index (κ1) is 31.4. The van der Waals surface area contributed by atoms with Gasteiger partial charge in [0.1, 0.15) is 18.1 Å². The molecule has 230 valence electrons. The van der Waals surface area contributed by atoms with Gasteiger partial charge in [0.2, 0.25) is 10.0 Å². The minimum Gasteiger partial charge on any atom is -0.487 e. The third-order valence-corrected chi connectivity index (χ3v) is 8.22. The van der Waals surface area contributed by atoms with Gasteiger partial charge < -0.3 is 25.2 Å². The molecule has 4 aromatic carbocycles. The van der Waals surface area contributed by atoms with Crippen LogP contribution in [-0.4, -0.2) is 42.7 Å². The van der Waals surface area contributed by atoms with E-state index in [9.17, 15) is 13.2 Å². The van der Waals surface area contributed by atoms with Crippen LogP contribution in [-0.2, 0) is 27.8 Å². The lowest BCUT2D eigenvalue weighted by atomic mass is 10.1. The van der Waals surface area contributed by atoms with Crippen LogP contribution < -0.4 is 24.8 Å². The van der Waals surface area contributed by atoms with Crippen LogP contribution in [0.1, 0.15) is 11.3 Å². The Morgan fingerprint density at radius 1 is 0.844 bits per heavy atom. The molecule has 0 unspecified atom stereocenters. The van der Waals surface area contributed by atoms with E-state index in [0.29, 0.717) is 23.5 Å². The zero-order chi connectivity index (χ0) is 31.6. The second-order valence-corrected chi connectivity index (χ2v) is 12.0. The van der Waals surface area contributed by atoms with Crippen molar-refractivity contribution in [1.29, 1.82) is 0 Å². The number of aromatic nitrogens is 1. The zero-order valence-electron chi connectivity index (χ0n) is 24.0. The molecule has 45 heavy (non-hydrogen) atoms. The lowest BCUT2D eigenvalue weighted by Gasteiger charge is -2.16. The average Bonchev–Trinajstić information content (AvgIpc) is 3.03. The number of carboxylic acids is 1. The number of carbonyl (C=O) groups is 1. The number of ether oxygens (including phenoxy) is 2. The summed E-state index contributed by atoms with van der Waals surface area (Å²) < 4.78 is 39.1. The number of benzene rings is 4. The molecular formula is C33H30N4O6S2. The SMILES string of the molecule is O=C(O)COc1ccc(CCNS(=O)(=O)c2ccccc2)cc1NC(=S)Nc1cccc(OCc2ccc3ccccc3n2)c1. The van der Waals surface area contributed by atoms with Crippen molar-refractivity contribution in [3.8, 4) is 11.5 Å². The van der Waals surface area contributed by atoms with E-state index in [1.165, 1.54) is 12.1 Å². The fourth-order valence-corrected chi connectivity index (χ4v) is 5.68. The number of rotatable bonds is 13. The molecule has 1 aromatic heterocycles. The Bertz CT molecular complexity index is 1920. The highest BCUT2D eigenvalue weighted by Crippen LogP contribution is 2.27. The van der Waals surface area contributed by atoms with Crippen LogP contribution in [0.25, 0.3) is 10.9 Å². The molecule has 0 atom stereocenters. The van der Waals surface area contributed by atoms with Crippen LogP contribution in [0.15, 0.2) is 114 Å². The molecule has 0 saturated heterocycles. The van der Waals surface area contributed by atoms with Crippen LogP contribution in [0.5, 0.6) is 11.5 Å². The summed E-state index contributed by atoms with van der Waals surface area (Å²) in [6.07, 6.45) is 0.367. The summed E-state index contributed by atoms with van der Waals surface area (Å²) in [7, 11) is -3.65. The van der Waals surface area contributed by atoms with Gasteiger partial charge in [-0.2, -0.15) is 0 Å². The summed E-state index contributed by atoms with van der Waals surface area (Å²) in [4.78, 5) is 16.0. The maximum Gasteiger partial charge on any atom is 0.341 e. The summed E-state index contributed by atoms with van der Waals surface area (Å²) >= 11 is 5.54. The van der Waals surface area contributed by atoms with Gasteiger partial charge in [0, 0.05) is 23.7 Å². The molecule has 5 aromatic rings. The van der Waals surface area contributed by atoms with Crippen LogP contribution in [0, 0.1) is 0 Å². The Balaban J connectivity index is 1.22. The molecule has 0 bridgehead atoms. The number of nitrogens with zero attached hydrogens (tertiary/aromatic N) is 1. The van der Waals surface area contributed by atoms with Gasteiger partial charge in [-0.05, 0) is 72.7 Å². The molecule has 0 aliphatic heterocycles. The molecular weight excluding hydrogens is 613 g/mol. The summed E-state index contributed by atoms with van der Waals surface area (Å²) in [6, 6.07) is 32.3. The van der Waals surface area contributed by atoms with E-state index in [-0.39, 0.29) is 28.9 Å². The maximum absolute atomic E-state index is 12.6. The van der Waals surface area contributed by atoms with E-state index in [0.717, 1.165) is 22.2 Å². The first-order chi connectivity index (χ1) is 21.7. The fraction of sp³-hybridized carbons (Fsp3) is 0.121. The second kappa shape index (κ2) is 14.6. The van der Waals surface area contributed by atoms with Gasteiger partial charge in [-0.25, -0.2) is 22.9 Å². The molecule has 1 heterocycles. The highest BCUT2D eigenvalue weighted by atomic mass is 32.2. The summed E-state index contributed by atoms with van der Waals surface area (Å²) in [6.45, 7) is -0.109. The van der Waals surface area contributed by atoms with E-state index < -0.39 is 22.6 Å². The molecule has 0 spiro atoms. The van der Waals surface area contributed by atoms with Gasteiger partial charge in [0.25, 0.3) is 0 Å². The number of nitrogens with one attached hydrogen (secondary N) is 3. The Hall–Kier alpha value is -5.04. The molecule has 0 radical (unpaired) electrons. The monoisotopic (exact) mass is 642 g/mol. The van der Waals surface area contributed by atoms with Crippen molar-refractivity contribution < 1.29 is 27.8 Å². The van der Waals surface area contributed by atoms with Crippen molar-refractivity contribution >= 4 is 55.6 Å². The summed E-state index contributed by atoms with van der Waals surface area (Å²) in [5.74, 6) is -0.241. The number of aliphatic carboxylic acids is 1. The Kier molecular flexibility index (Phi) is 10.2. The minimum absolute atomic E-state index is 0.149. The molecule has 0 fully saturated rings. The third-order valence-electron chi connectivity index (χ3n) is 6.54. The number of fused-ring (bicyclic) bond motifs is 1. The number of thiocarbonyl (C=S) groups is 1. The topological polar surface area (TPSA) is 139 Å². The lowest BCUT2D eigenvalue weighted by molar-refractivity contribution is -0.139. The molecule has 0 saturated carbocycles. The van der Waals surface area contributed by atoms with E-state index in [2.05, 4.69) is 20.3 Å². The van der Waals surface area contributed by atoms with Crippen LogP contribution in [0.2, 0.25) is 0 Å². The van der Waals surface area contributed by atoms with Crippen molar-refractivity contribution in [2.24, 2.45) is 0 Å². The zero-order valence-corrected chi connectivity index (χ0v) is 25.6. The van der Waals surface area contributed by atoms with Gasteiger partial charge in [-0.15, -0.1) is 0 Å². The van der Waals surface area contributed by atoms with Gasteiger partial charge in [0.15, 0.2) is 11.7 Å². The summed E-state index contributed by atoms with van der Waals surface area (Å²) in [5, 5.41) is 16.6. The number of anilines is 2. The van der Waals surface area contributed by atoms with Crippen molar-refractivity contribution in [3.63, 3.8) is 0 Å². The van der Waals surface area contributed by atoms with Crippen molar-refractivity contribution in [2.75, 3.05) is 23.8 Å². The predicted octanol–water partition coefficient (Wildman–Crippen LogP) is 5.61. The third kappa shape index (κ3) is 8.99. The smallest absolute Gasteiger partial charge is 0.341 e. The van der Waals surface area contributed by atoms with E-state index in [1.54, 1.807) is 42.5 Å². The van der Waals surface area contributed by atoms with Gasteiger partial charge in [-0.1, -0.05) is 54.6 Å². The Morgan fingerprint density at radius 2 is 1.64 bits per heavy atom. The highest BCUT2D eigenvalue weighted by molar-refractivity contribution is 7.89.